The van der Waals surface area contributed by atoms with E-state index in [4.69, 9.17) is 0 Å². The van der Waals surface area contributed by atoms with Gasteiger partial charge in [-0.15, -0.1) is 0 Å². The second kappa shape index (κ2) is 5.32. The lowest BCUT2D eigenvalue weighted by molar-refractivity contribution is -0.120. The number of hydrogen-bond donors (Lipinski definition) is 1. The molecule has 0 spiro atoms. The zero-order valence-electron chi connectivity index (χ0n) is 10.6. The molecular formula is C14H20N2O. The first-order chi connectivity index (χ1) is 8.22. The highest BCUT2D eigenvalue weighted by Gasteiger charge is 2.26. The molecule has 0 aromatic heterocycles. The molecule has 1 amide bonds. The monoisotopic (exact) mass is 232 g/mol. The molecule has 1 N–H and O–H groups in total. The summed E-state index contributed by atoms with van der Waals surface area (Å²) in [5.74, 6) is 0.203. The molecule has 0 radical (unpaired) electrons. The predicted octanol–water partition coefficient (Wildman–Crippen LogP) is 2.10. The van der Waals surface area contributed by atoms with Crippen molar-refractivity contribution in [3.8, 4) is 0 Å². The number of aryl methyl sites for hydroxylation is 1. The van der Waals surface area contributed by atoms with Crippen molar-refractivity contribution < 1.29 is 4.79 Å². The quantitative estimate of drug-likeness (QED) is 0.865. The Labute approximate surface area is 103 Å². The molecule has 3 nitrogen and oxygen atoms in total. The molecular weight excluding hydrogens is 212 g/mol. The lowest BCUT2D eigenvalue weighted by atomic mass is 10.1. The Balaban J connectivity index is 2.14. The largest absolute Gasteiger partial charge is 0.311 e. The van der Waals surface area contributed by atoms with Crippen LogP contribution in [-0.4, -0.2) is 25.0 Å². The van der Waals surface area contributed by atoms with Crippen molar-refractivity contribution in [2.24, 2.45) is 0 Å². The normalized spacial score (nSPS) is 19.3. The van der Waals surface area contributed by atoms with Gasteiger partial charge in [-0.3, -0.25) is 4.79 Å². The Morgan fingerprint density at radius 3 is 2.65 bits per heavy atom. The Kier molecular flexibility index (Phi) is 3.79. The van der Waals surface area contributed by atoms with Crippen molar-refractivity contribution in [3.63, 3.8) is 0 Å². The van der Waals surface area contributed by atoms with Crippen LogP contribution in [0.1, 0.15) is 25.3 Å². The molecule has 0 aliphatic carbocycles. The summed E-state index contributed by atoms with van der Waals surface area (Å²) in [6.45, 7) is 5.76. The maximum atomic E-state index is 12.3. The average Bonchev–Trinajstić information content (AvgIpc) is 2.86. The van der Waals surface area contributed by atoms with Gasteiger partial charge in [-0.05, 0) is 45.4 Å². The Morgan fingerprint density at radius 2 is 2.12 bits per heavy atom. The molecule has 0 saturated carbocycles. The van der Waals surface area contributed by atoms with Crippen LogP contribution in [0, 0.1) is 6.92 Å². The molecule has 17 heavy (non-hydrogen) atoms. The van der Waals surface area contributed by atoms with Gasteiger partial charge in [0.15, 0.2) is 0 Å². The molecule has 1 heterocycles. The zero-order valence-corrected chi connectivity index (χ0v) is 10.6. The van der Waals surface area contributed by atoms with Crippen LogP contribution >= 0.6 is 0 Å². The van der Waals surface area contributed by atoms with Gasteiger partial charge in [0.2, 0.25) is 5.91 Å². The fourth-order valence-electron chi connectivity index (χ4n) is 2.27. The number of nitrogens with one attached hydrogen (secondary N) is 1. The summed E-state index contributed by atoms with van der Waals surface area (Å²) in [7, 11) is 0. The van der Waals surface area contributed by atoms with Crippen LogP contribution in [0.4, 0.5) is 5.69 Å². The standard InChI is InChI=1S/C14H20N2O/c1-3-16(12-8-6-11(2)7-9-12)14(17)13-5-4-10-15-13/h6-9,13,15H,3-5,10H2,1-2H3/t13-/m1/s1. The Hall–Kier alpha value is -1.35. The summed E-state index contributed by atoms with van der Waals surface area (Å²) in [5, 5.41) is 3.26. The van der Waals surface area contributed by atoms with Gasteiger partial charge in [-0.2, -0.15) is 0 Å². The summed E-state index contributed by atoms with van der Waals surface area (Å²) < 4.78 is 0. The van der Waals surface area contributed by atoms with E-state index in [-0.39, 0.29) is 11.9 Å². The van der Waals surface area contributed by atoms with E-state index in [9.17, 15) is 4.79 Å². The molecule has 1 aliphatic heterocycles. The number of nitrogens with zero attached hydrogens (tertiary/aromatic N) is 1. The second-order valence-corrected chi connectivity index (χ2v) is 4.57. The highest BCUT2D eigenvalue weighted by molar-refractivity contribution is 5.97. The van der Waals surface area contributed by atoms with E-state index in [2.05, 4.69) is 12.2 Å². The molecule has 1 aliphatic rings. The van der Waals surface area contributed by atoms with Crippen molar-refractivity contribution >= 4 is 11.6 Å². The van der Waals surface area contributed by atoms with Crippen molar-refractivity contribution in [2.45, 2.75) is 32.7 Å². The van der Waals surface area contributed by atoms with E-state index in [0.717, 1.165) is 31.6 Å². The number of anilines is 1. The summed E-state index contributed by atoms with van der Waals surface area (Å²) in [6, 6.07) is 8.15. The number of benzene rings is 1. The van der Waals surface area contributed by atoms with Crippen LogP contribution in [0.3, 0.4) is 0 Å². The number of rotatable bonds is 3. The first-order valence-electron chi connectivity index (χ1n) is 6.34. The number of carbonyl (C=O) groups excluding carboxylic acids is 1. The highest BCUT2D eigenvalue weighted by atomic mass is 16.2. The van der Waals surface area contributed by atoms with Crippen LogP contribution in [0.15, 0.2) is 24.3 Å². The maximum absolute atomic E-state index is 12.3. The Morgan fingerprint density at radius 1 is 1.41 bits per heavy atom. The fourth-order valence-corrected chi connectivity index (χ4v) is 2.27. The average molecular weight is 232 g/mol. The van der Waals surface area contributed by atoms with Crippen LogP contribution in [0.2, 0.25) is 0 Å². The number of carbonyl (C=O) groups is 1. The first kappa shape index (κ1) is 12.1. The van der Waals surface area contributed by atoms with E-state index in [1.165, 1.54) is 5.56 Å². The third kappa shape index (κ3) is 2.67. The molecule has 1 fully saturated rings. The number of amides is 1. The van der Waals surface area contributed by atoms with E-state index >= 15 is 0 Å². The van der Waals surface area contributed by atoms with Crippen molar-refractivity contribution in [3.05, 3.63) is 29.8 Å². The van der Waals surface area contributed by atoms with Gasteiger partial charge in [-0.1, -0.05) is 17.7 Å². The predicted molar refractivity (Wildman–Crippen MR) is 70.2 cm³/mol. The number of hydrogen-bond acceptors (Lipinski definition) is 2. The van der Waals surface area contributed by atoms with Gasteiger partial charge in [0.05, 0.1) is 6.04 Å². The fraction of sp³-hybridized carbons (Fsp3) is 0.500. The summed E-state index contributed by atoms with van der Waals surface area (Å²) in [4.78, 5) is 14.2. The van der Waals surface area contributed by atoms with Gasteiger partial charge in [0, 0.05) is 12.2 Å². The minimum absolute atomic E-state index is 0.0104. The van der Waals surface area contributed by atoms with Crippen molar-refractivity contribution in [2.75, 3.05) is 18.0 Å². The van der Waals surface area contributed by atoms with Crippen LogP contribution in [0.5, 0.6) is 0 Å². The molecule has 2 rings (SSSR count). The van der Waals surface area contributed by atoms with E-state index in [1.807, 2.05) is 36.1 Å². The van der Waals surface area contributed by atoms with Crippen molar-refractivity contribution in [1.82, 2.24) is 5.32 Å². The van der Waals surface area contributed by atoms with E-state index < -0.39 is 0 Å². The van der Waals surface area contributed by atoms with Gasteiger partial charge >= 0.3 is 0 Å². The molecule has 92 valence electrons. The summed E-state index contributed by atoms with van der Waals surface area (Å²) in [5.41, 5.74) is 2.22. The summed E-state index contributed by atoms with van der Waals surface area (Å²) in [6.07, 6.45) is 2.06. The topological polar surface area (TPSA) is 32.3 Å². The molecule has 1 aromatic carbocycles. The number of likely N-dealkylation sites (N-methyl/N-ethyl adjacent to an activating group) is 1. The van der Waals surface area contributed by atoms with Gasteiger partial charge in [0.25, 0.3) is 0 Å². The molecule has 3 heteroatoms. The van der Waals surface area contributed by atoms with Gasteiger partial charge in [0.1, 0.15) is 0 Å². The Bertz CT molecular complexity index is 380. The minimum atomic E-state index is 0.0104. The minimum Gasteiger partial charge on any atom is -0.311 e. The molecule has 1 atom stereocenters. The highest BCUT2D eigenvalue weighted by Crippen LogP contribution is 2.18. The van der Waals surface area contributed by atoms with E-state index in [0.29, 0.717) is 0 Å². The van der Waals surface area contributed by atoms with Crippen molar-refractivity contribution in [1.29, 1.82) is 0 Å². The summed E-state index contributed by atoms with van der Waals surface area (Å²) >= 11 is 0. The van der Waals surface area contributed by atoms with Gasteiger partial charge < -0.3 is 10.2 Å². The SMILES string of the molecule is CCN(C(=O)[C@H]1CCCN1)c1ccc(C)cc1. The first-order valence-corrected chi connectivity index (χ1v) is 6.34. The van der Waals surface area contributed by atoms with Crippen LogP contribution in [-0.2, 0) is 4.79 Å². The van der Waals surface area contributed by atoms with Crippen LogP contribution in [0.25, 0.3) is 0 Å². The molecule has 0 unspecified atom stereocenters. The lowest BCUT2D eigenvalue weighted by Gasteiger charge is -2.24. The zero-order chi connectivity index (χ0) is 12.3. The molecule has 0 bridgehead atoms. The maximum Gasteiger partial charge on any atom is 0.244 e. The smallest absolute Gasteiger partial charge is 0.244 e. The molecule has 1 aromatic rings. The second-order valence-electron chi connectivity index (χ2n) is 4.57. The van der Waals surface area contributed by atoms with E-state index in [1.54, 1.807) is 0 Å². The lowest BCUT2D eigenvalue weighted by Crippen LogP contribution is -2.43. The third-order valence-corrected chi connectivity index (χ3v) is 3.29. The van der Waals surface area contributed by atoms with Crippen LogP contribution < -0.4 is 10.2 Å². The molecule has 1 saturated heterocycles. The van der Waals surface area contributed by atoms with Gasteiger partial charge in [-0.25, -0.2) is 0 Å². The third-order valence-electron chi connectivity index (χ3n) is 3.29.